The van der Waals surface area contributed by atoms with Gasteiger partial charge in [0.15, 0.2) is 0 Å². The van der Waals surface area contributed by atoms with Gasteiger partial charge in [0.05, 0.1) is 18.2 Å². The molecule has 0 aliphatic carbocycles. The lowest BCUT2D eigenvalue weighted by molar-refractivity contribution is -0.121. The highest BCUT2D eigenvalue weighted by Gasteiger charge is 2.12. The van der Waals surface area contributed by atoms with E-state index in [2.05, 4.69) is 46.5 Å². The molecule has 0 aliphatic heterocycles. The second-order valence-electron chi connectivity index (χ2n) is 5.76. The highest BCUT2D eigenvalue weighted by Crippen LogP contribution is 2.24. The Hall–Kier alpha value is -2.53. The molecule has 24 heavy (non-hydrogen) atoms. The van der Waals surface area contributed by atoms with Crippen LogP contribution < -0.4 is 5.32 Å². The average molecular weight is 337 g/mol. The van der Waals surface area contributed by atoms with E-state index in [9.17, 15) is 4.79 Å². The van der Waals surface area contributed by atoms with Crippen molar-refractivity contribution < 1.29 is 4.79 Å². The first-order valence-electron chi connectivity index (χ1n) is 7.82. The minimum Gasteiger partial charge on any atom is -0.349 e. The summed E-state index contributed by atoms with van der Waals surface area (Å²) in [6, 6.07) is 12.0. The molecule has 3 aromatic rings. The number of rotatable bonds is 5. The number of nitrogens with one attached hydrogen (secondary N) is 1. The monoisotopic (exact) mass is 337 g/mol. The molecule has 2 heterocycles. The molecule has 4 nitrogen and oxygen atoms in total. The zero-order valence-electron chi connectivity index (χ0n) is 13.7. The fourth-order valence-corrected chi connectivity index (χ4v) is 3.24. The summed E-state index contributed by atoms with van der Waals surface area (Å²) >= 11 is 1.57. The third kappa shape index (κ3) is 4.06. The van der Waals surface area contributed by atoms with E-state index < -0.39 is 0 Å². The number of nitrogens with zero attached hydrogens (tertiary/aromatic N) is 2. The van der Waals surface area contributed by atoms with Gasteiger partial charge in [-0.25, -0.2) is 4.98 Å². The zero-order valence-corrected chi connectivity index (χ0v) is 14.5. The van der Waals surface area contributed by atoms with Crippen LogP contribution in [0.25, 0.3) is 10.6 Å². The molecule has 0 fully saturated rings. The Labute approximate surface area is 145 Å². The van der Waals surface area contributed by atoms with Crippen LogP contribution >= 0.6 is 11.3 Å². The third-order valence-corrected chi connectivity index (χ3v) is 4.72. The van der Waals surface area contributed by atoms with E-state index in [1.165, 1.54) is 5.56 Å². The van der Waals surface area contributed by atoms with E-state index in [0.717, 1.165) is 21.8 Å². The fraction of sp³-hybridized carbons (Fsp3) is 0.211. The first kappa shape index (κ1) is 16.3. The van der Waals surface area contributed by atoms with E-state index >= 15 is 0 Å². The average Bonchev–Trinajstić information content (AvgIpc) is 3.04. The predicted molar refractivity (Wildman–Crippen MR) is 96.8 cm³/mol. The van der Waals surface area contributed by atoms with Gasteiger partial charge >= 0.3 is 0 Å². The van der Waals surface area contributed by atoms with Crippen molar-refractivity contribution >= 4 is 17.2 Å². The molecule has 1 unspecified atom stereocenters. The maximum absolute atomic E-state index is 12.2. The second kappa shape index (κ2) is 7.36. The molecule has 5 heteroatoms. The van der Waals surface area contributed by atoms with Crippen molar-refractivity contribution in [3.63, 3.8) is 0 Å². The SMILES string of the molecule is Cc1ccc(-c2nc(CC(=O)NC(C)c3ccncc3)cs2)cc1. The number of pyridine rings is 1. The zero-order chi connectivity index (χ0) is 16.9. The van der Waals surface area contributed by atoms with Gasteiger partial charge in [0.25, 0.3) is 0 Å². The summed E-state index contributed by atoms with van der Waals surface area (Å²) in [5, 5.41) is 5.89. The Balaban J connectivity index is 1.62. The molecule has 1 amide bonds. The van der Waals surface area contributed by atoms with Gasteiger partial charge in [0.2, 0.25) is 5.91 Å². The Morgan fingerprint density at radius 1 is 1.17 bits per heavy atom. The molecular weight excluding hydrogens is 318 g/mol. The molecule has 1 aromatic carbocycles. The molecule has 0 saturated carbocycles. The second-order valence-corrected chi connectivity index (χ2v) is 6.61. The van der Waals surface area contributed by atoms with Gasteiger partial charge < -0.3 is 5.32 Å². The van der Waals surface area contributed by atoms with Crippen molar-refractivity contribution in [2.75, 3.05) is 0 Å². The van der Waals surface area contributed by atoms with Crippen molar-refractivity contribution in [2.24, 2.45) is 0 Å². The number of carbonyl (C=O) groups is 1. The number of amides is 1. The number of hydrogen-bond acceptors (Lipinski definition) is 4. The van der Waals surface area contributed by atoms with Crippen LogP contribution in [0.3, 0.4) is 0 Å². The van der Waals surface area contributed by atoms with Crippen LogP contribution in [0, 0.1) is 6.92 Å². The van der Waals surface area contributed by atoms with E-state index in [4.69, 9.17) is 0 Å². The minimum absolute atomic E-state index is 0.0277. The summed E-state index contributed by atoms with van der Waals surface area (Å²) < 4.78 is 0. The van der Waals surface area contributed by atoms with Crippen LogP contribution in [-0.2, 0) is 11.2 Å². The van der Waals surface area contributed by atoms with Crippen molar-refractivity contribution in [3.05, 3.63) is 71.0 Å². The standard InChI is InChI=1S/C19H19N3OS/c1-13-3-5-16(6-4-13)19-22-17(12-24-19)11-18(23)21-14(2)15-7-9-20-10-8-15/h3-10,12,14H,11H2,1-2H3,(H,21,23). The molecule has 0 bridgehead atoms. The number of carbonyl (C=O) groups excluding carboxylic acids is 1. The van der Waals surface area contributed by atoms with Gasteiger partial charge in [-0.1, -0.05) is 29.8 Å². The molecule has 3 rings (SSSR count). The lowest BCUT2D eigenvalue weighted by atomic mass is 10.1. The topological polar surface area (TPSA) is 54.9 Å². The quantitative estimate of drug-likeness (QED) is 0.767. The summed E-state index contributed by atoms with van der Waals surface area (Å²) in [6.07, 6.45) is 3.75. The largest absolute Gasteiger partial charge is 0.349 e. The highest BCUT2D eigenvalue weighted by atomic mass is 32.1. The highest BCUT2D eigenvalue weighted by molar-refractivity contribution is 7.13. The molecule has 122 valence electrons. The van der Waals surface area contributed by atoms with E-state index in [1.54, 1.807) is 23.7 Å². The Bertz CT molecular complexity index is 812. The normalized spacial score (nSPS) is 11.9. The summed E-state index contributed by atoms with van der Waals surface area (Å²) in [6.45, 7) is 4.03. The van der Waals surface area contributed by atoms with E-state index in [1.807, 2.05) is 24.4 Å². The molecule has 0 saturated heterocycles. The molecule has 0 radical (unpaired) electrons. The number of aryl methyl sites for hydroxylation is 1. The lowest BCUT2D eigenvalue weighted by Gasteiger charge is -2.13. The third-order valence-electron chi connectivity index (χ3n) is 3.78. The molecule has 0 aliphatic rings. The van der Waals surface area contributed by atoms with Crippen molar-refractivity contribution in [2.45, 2.75) is 26.3 Å². The first-order chi connectivity index (χ1) is 11.6. The van der Waals surface area contributed by atoms with E-state index in [0.29, 0.717) is 0 Å². The number of thiazole rings is 1. The smallest absolute Gasteiger partial charge is 0.226 e. The number of aromatic nitrogens is 2. The van der Waals surface area contributed by atoms with Crippen LogP contribution in [0.5, 0.6) is 0 Å². The fourth-order valence-electron chi connectivity index (χ4n) is 2.41. The molecular formula is C19H19N3OS. The number of benzene rings is 1. The summed E-state index contributed by atoms with van der Waals surface area (Å²) in [5.41, 5.74) is 4.15. The molecule has 2 aromatic heterocycles. The lowest BCUT2D eigenvalue weighted by Crippen LogP contribution is -2.28. The Kier molecular flexibility index (Phi) is 5.01. The van der Waals surface area contributed by atoms with Crippen LogP contribution in [0.2, 0.25) is 0 Å². The summed E-state index contributed by atoms with van der Waals surface area (Å²) in [4.78, 5) is 20.8. The van der Waals surface area contributed by atoms with Crippen molar-refractivity contribution in [1.82, 2.24) is 15.3 Å². The summed E-state index contributed by atoms with van der Waals surface area (Å²) in [7, 11) is 0. The van der Waals surface area contributed by atoms with Crippen LogP contribution in [0.15, 0.2) is 54.2 Å². The predicted octanol–water partition coefficient (Wildman–Crippen LogP) is 3.93. The van der Waals surface area contributed by atoms with Gasteiger partial charge in [0, 0.05) is 23.3 Å². The van der Waals surface area contributed by atoms with Gasteiger partial charge in [0.1, 0.15) is 5.01 Å². The molecule has 1 atom stereocenters. The van der Waals surface area contributed by atoms with Gasteiger partial charge in [-0.2, -0.15) is 0 Å². The Morgan fingerprint density at radius 2 is 1.88 bits per heavy atom. The summed E-state index contributed by atoms with van der Waals surface area (Å²) in [5.74, 6) is -0.0277. The van der Waals surface area contributed by atoms with Crippen molar-refractivity contribution in [1.29, 1.82) is 0 Å². The van der Waals surface area contributed by atoms with Crippen LogP contribution in [0.1, 0.15) is 29.8 Å². The van der Waals surface area contributed by atoms with Crippen LogP contribution in [-0.4, -0.2) is 15.9 Å². The minimum atomic E-state index is -0.0456. The van der Waals surface area contributed by atoms with E-state index in [-0.39, 0.29) is 18.4 Å². The van der Waals surface area contributed by atoms with Gasteiger partial charge in [-0.3, -0.25) is 9.78 Å². The Morgan fingerprint density at radius 3 is 2.58 bits per heavy atom. The van der Waals surface area contributed by atoms with Crippen LogP contribution in [0.4, 0.5) is 0 Å². The number of hydrogen-bond donors (Lipinski definition) is 1. The maximum Gasteiger partial charge on any atom is 0.226 e. The molecule has 1 N–H and O–H groups in total. The molecule has 0 spiro atoms. The maximum atomic E-state index is 12.2. The first-order valence-corrected chi connectivity index (χ1v) is 8.70. The van der Waals surface area contributed by atoms with Gasteiger partial charge in [-0.05, 0) is 31.5 Å². The van der Waals surface area contributed by atoms with Gasteiger partial charge in [-0.15, -0.1) is 11.3 Å². The van der Waals surface area contributed by atoms with Crippen molar-refractivity contribution in [3.8, 4) is 10.6 Å².